The minimum atomic E-state index is -1.10. The largest absolute Gasteiger partial charge is 0.549 e. The summed E-state index contributed by atoms with van der Waals surface area (Å²) in [6.07, 6.45) is 0. The third-order valence-corrected chi connectivity index (χ3v) is 2.92. The molecule has 3 heteroatoms. The highest BCUT2D eigenvalue weighted by atomic mass is 16.5. The number of hydrogen-bond donors (Lipinski definition) is 0. The number of hydrogen-bond acceptors (Lipinski definition) is 3. The molecule has 1 aliphatic heterocycles. The number of fused-ring (bicyclic) bond motifs is 2. The Morgan fingerprint density at radius 2 is 1.41 bits per heavy atom. The van der Waals surface area contributed by atoms with Gasteiger partial charge >= 0.3 is 0 Å². The highest BCUT2D eigenvalue weighted by Crippen LogP contribution is 2.43. The molecule has 0 N–H and O–H groups in total. The fraction of sp³-hybridized carbons (Fsp3) is 0.0714. The average Bonchev–Trinajstić information content (AvgIpc) is 2.35. The van der Waals surface area contributed by atoms with Crippen LogP contribution in [0.3, 0.4) is 0 Å². The first kappa shape index (κ1) is 9.90. The molecule has 84 valence electrons. The first-order valence-electron chi connectivity index (χ1n) is 5.34. The van der Waals surface area contributed by atoms with E-state index >= 15 is 0 Å². The molecule has 1 heterocycles. The van der Waals surface area contributed by atoms with E-state index in [1.807, 2.05) is 12.1 Å². The summed E-state index contributed by atoms with van der Waals surface area (Å²) in [5, 5.41) is 11.3. The van der Waals surface area contributed by atoms with Crippen LogP contribution in [0.25, 0.3) is 0 Å². The van der Waals surface area contributed by atoms with E-state index in [-0.39, 0.29) is 0 Å². The Bertz CT molecular complexity index is 544. The lowest BCUT2D eigenvalue weighted by atomic mass is 9.88. The number of carbonyl (C=O) groups excluding carboxylic acids is 1. The third-order valence-electron chi connectivity index (χ3n) is 2.92. The van der Waals surface area contributed by atoms with Crippen molar-refractivity contribution in [3.05, 3.63) is 59.7 Å². The molecule has 0 aliphatic carbocycles. The Labute approximate surface area is 98.3 Å². The average molecular weight is 225 g/mol. The van der Waals surface area contributed by atoms with Gasteiger partial charge in [0.25, 0.3) is 0 Å². The van der Waals surface area contributed by atoms with E-state index in [4.69, 9.17) is 4.74 Å². The molecule has 0 saturated carbocycles. The second-order valence-electron chi connectivity index (χ2n) is 3.93. The summed E-state index contributed by atoms with van der Waals surface area (Å²) in [6.45, 7) is 0. The number of para-hydroxylation sites is 2. The van der Waals surface area contributed by atoms with E-state index in [1.165, 1.54) is 0 Å². The maximum Gasteiger partial charge on any atom is 0.131 e. The highest BCUT2D eigenvalue weighted by molar-refractivity contribution is 5.82. The van der Waals surface area contributed by atoms with Gasteiger partial charge in [-0.2, -0.15) is 0 Å². The van der Waals surface area contributed by atoms with Gasteiger partial charge in [0.2, 0.25) is 0 Å². The van der Waals surface area contributed by atoms with E-state index in [0.29, 0.717) is 22.6 Å². The van der Waals surface area contributed by atoms with Crippen molar-refractivity contribution in [1.82, 2.24) is 0 Å². The predicted molar refractivity (Wildman–Crippen MR) is 59.8 cm³/mol. The Hall–Kier alpha value is -2.29. The molecule has 0 aromatic heterocycles. The van der Waals surface area contributed by atoms with E-state index in [9.17, 15) is 9.90 Å². The van der Waals surface area contributed by atoms with Crippen LogP contribution in [-0.4, -0.2) is 5.97 Å². The van der Waals surface area contributed by atoms with Gasteiger partial charge in [-0.15, -0.1) is 0 Å². The number of carbonyl (C=O) groups is 1. The summed E-state index contributed by atoms with van der Waals surface area (Å²) in [4.78, 5) is 11.3. The first-order valence-corrected chi connectivity index (χ1v) is 5.34. The summed E-state index contributed by atoms with van der Waals surface area (Å²) in [7, 11) is 0. The quantitative estimate of drug-likeness (QED) is 0.741. The van der Waals surface area contributed by atoms with Gasteiger partial charge in [0.05, 0.1) is 11.9 Å². The molecule has 0 saturated heterocycles. The molecule has 17 heavy (non-hydrogen) atoms. The number of aliphatic carboxylic acids is 1. The molecule has 0 unspecified atom stereocenters. The lowest BCUT2D eigenvalue weighted by Gasteiger charge is -2.28. The Morgan fingerprint density at radius 3 is 1.88 bits per heavy atom. The van der Waals surface area contributed by atoms with Crippen molar-refractivity contribution in [2.45, 2.75) is 5.92 Å². The molecule has 2 aromatic carbocycles. The fourth-order valence-corrected chi connectivity index (χ4v) is 2.16. The second kappa shape index (κ2) is 3.63. The Balaban J connectivity index is 2.24. The summed E-state index contributed by atoms with van der Waals surface area (Å²) < 4.78 is 5.67. The zero-order valence-electron chi connectivity index (χ0n) is 8.92. The van der Waals surface area contributed by atoms with Gasteiger partial charge in [-0.25, -0.2) is 0 Å². The van der Waals surface area contributed by atoms with Crippen molar-refractivity contribution >= 4 is 5.97 Å². The van der Waals surface area contributed by atoms with Crippen LogP contribution in [0.2, 0.25) is 0 Å². The monoisotopic (exact) mass is 225 g/mol. The number of benzene rings is 2. The molecule has 1 aliphatic rings. The summed E-state index contributed by atoms with van der Waals surface area (Å²) in [5.41, 5.74) is 1.29. The SMILES string of the molecule is O=C([O-])C1c2ccccc2Oc2ccccc21. The maximum atomic E-state index is 11.3. The molecule has 3 nitrogen and oxygen atoms in total. The molecule has 0 bridgehead atoms. The molecule has 0 fully saturated rings. The fourth-order valence-electron chi connectivity index (χ4n) is 2.16. The molecule has 0 radical (unpaired) electrons. The van der Waals surface area contributed by atoms with Gasteiger partial charge in [0.1, 0.15) is 11.5 Å². The summed E-state index contributed by atoms with van der Waals surface area (Å²) >= 11 is 0. The van der Waals surface area contributed by atoms with Crippen LogP contribution in [0.5, 0.6) is 11.5 Å². The van der Waals surface area contributed by atoms with Gasteiger partial charge in [0, 0.05) is 11.1 Å². The molecule has 0 spiro atoms. The van der Waals surface area contributed by atoms with E-state index in [1.54, 1.807) is 36.4 Å². The van der Waals surface area contributed by atoms with E-state index in [0.717, 1.165) is 0 Å². The van der Waals surface area contributed by atoms with Gasteiger partial charge in [-0.1, -0.05) is 36.4 Å². The number of rotatable bonds is 1. The van der Waals surface area contributed by atoms with Crippen LogP contribution in [0.15, 0.2) is 48.5 Å². The van der Waals surface area contributed by atoms with Crippen molar-refractivity contribution in [2.24, 2.45) is 0 Å². The standard InChI is InChI=1S/C14H10O3/c15-14(16)13-9-5-1-3-7-11(9)17-12-8-4-2-6-10(12)13/h1-8,13H,(H,15,16)/p-1. The van der Waals surface area contributed by atoms with Gasteiger partial charge in [-0.3, -0.25) is 0 Å². The minimum absolute atomic E-state index is 0.584. The van der Waals surface area contributed by atoms with Gasteiger partial charge < -0.3 is 14.6 Å². The Kier molecular flexibility index (Phi) is 2.11. The second-order valence-corrected chi connectivity index (χ2v) is 3.93. The molecular weight excluding hydrogens is 216 g/mol. The number of carboxylic acid groups (broad SMARTS) is 1. The first-order chi connectivity index (χ1) is 8.27. The molecular formula is C14H9O3-. The van der Waals surface area contributed by atoms with Gasteiger partial charge in [0.15, 0.2) is 0 Å². The van der Waals surface area contributed by atoms with Crippen molar-refractivity contribution in [1.29, 1.82) is 0 Å². The smallest absolute Gasteiger partial charge is 0.131 e. The predicted octanol–water partition coefficient (Wildman–Crippen LogP) is 1.67. The van der Waals surface area contributed by atoms with Crippen molar-refractivity contribution in [2.75, 3.05) is 0 Å². The van der Waals surface area contributed by atoms with Crippen molar-refractivity contribution < 1.29 is 14.6 Å². The van der Waals surface area contributed by atoms with Crippen LogP contribution in [0.1, 0.15) is 17.0 Å². The lowest BCUT2D eigenvalue weighted by Crippen LogP contribution is -2.32. The Morgan fingerprint density at radius 1 is 0.941 bits per heavy atom. The number of ether oxygens (including phenoxy) is 1. The van der Waals surface area contributed by atoms with Crippen LogP contribution in [-0.2, 0) is 4.79 Å². The minimum Gasteiger partial charge on any atom is -0.549 e. The van der Waals surface area contributed by atoms with Crippen LogP contribution >= 0.6 is 0 Å². The van der Waals surface area contributed by atoms with E-state index < -0.39 is 11.9 Å². The van der Waals surface area contributed by atoms with Crippen molar-refractivity contribution in [3.8, 4) is 11.5 Å². The third kappa shape index (κ3) is 1.47. The summed E-state index contributed by atoms with van der Waals surface area (Å²) in [5.74, 6) is -0.690. The molecule has 0 atom stereocenters. The molecule has 2 aromatic rings. The highest BCUT2D eigenvalue weighted by Gasteiger charge is 2.27. The maximum absolute atomic E-state index is 11.3. The molecule has 3 rings (SSSR count). The molecule has 0 amide bonds. The van der Waals surface area contributed by atoms with Crippen LogP contribution in [0.4, 0.5) is 0 Å². The van der Waals surface area contributed by atoms with Gasteiger partial charge in [-0.05, 0) is 12.1 Å². The number of carboxylic acids is 1. The van der Waals surface area contributed by atoms with Crippen LogP contribution in [0, 0.1) is 0 Å². The summed E-state index contributed by atoms with van der Waals surface area (Å²) in [6, 6.07) is 14.3. The zero-order valence-corrected chi connectivity index (χ0v) is 8.92. The van der Waals surface area contributed by atoms with E-state index in [2.05, 4.69) is 0 Å². The normalized spacial score (nSPS) is 13.4. The lowest BCUT2D eigenvalue weighted by molar-refractivity contribution is -0.306. The topological polar surface area (TPSA) is 49.4 Å². The zero-order chi connectivity index (χ0) is 11.8. The van der Waals surface area contributed by atoms with Crippen molar-refractivity contribution in [3.63, 3.8) is 0 Å². The van der Waals surface area contributed by atoms with Crippen LogP contribution < -0.4 is 9.84 Å².